The first kappa shape index (κ1) is 11.6. The molecule has 4 nitrogen and oxygen atoms in total. The van der Waals surface area contributed by atoms with Gasteiger partial charge in [-0.1, -0.05) is 0 Å². The van der Waals surface area contributed by atoms with Crippen molar-refractivity contribution >= 4 is 11.0 Å². The summed E-state index contributed by atoms with van der Waals surface area (Å²) >= 11 is 0. The first-order valence-electron chi connectivity index (χ1n) is 4.88. The summed E-state index contributed by atoms with van der Waals surface area (Å²) in [4.78, 5) is 19.0. The van der Waals surface area contributed by atoms with E-state index in [2.05, 4.69) is 9.97 Å². The zero-order valence-electron chi connectivity index (χ0n) is 8.82. The van der Waals surface area contributed by atoms with Crippen LogP contribution in [0, 0.1) is 0 Å². The Balaban J connectivity index is 2.90. The fraction of sp³-hybridized carbons (Fsp3) is 0.300. The van der Waals surface area contributed by atoms with E-state index in [1.54, 1.807) is 0 Å². The minimum Gasteiger partial charge on any atom is -0.287 e. The molecule has 17 heavy (non-hydrogen) atoms. The summed E-state index contributed by atoms with van der Waals surface area (Å²) in [5.41, 5.74) is -0.873. The van der Waals surface area contributed by atoms with Gasteiger partial charge in [0.15, 0.2) is 5.52 Å². The summed E-state index contributed by atoms with van der Waals surface area (Å²) < 4.78 is 38.7. The van der Waals surface area contributed by atoms with Crippen molar-refractivity contribution in [2.24, 2.45) is 0 Å². The van der Waals surface area contributed by atoms with E-state index in [0.29, 0.717) is 4.57 Å². The molecule has 0 saturated carbocycles. The summed E-state index contributed by atoms with van der Waals surface area (Å²) in [5, 5.41) is 0. The molecule has 90 valence electrons. The number of alkyl halides is 3. The van der Waals surface area contributed by atoms with E-state index in [9.17, 15) is 18.0 Å². The lowest BCUT2D eigenvalue weighted by Crippen LogP contribution is -2.29. The van der Waals surface area contributed by atoms with Crippen LogP contribution < -0.4 is 5.56 Å². The Morgan fingerprint density at radius 1 is 1.41 bits per heavy atom. The van der Waals surface area contributed by atoms with Crippen LogP contribution in [0.2, 0.25) is 0 Å². The molecule has 7 heteroatoms. The van der Waals surface area contributed by atoms with Gasteiger partial charge in [-0.3, -0.25) is 9.36 Å². The molecule has 0 fully saturated rings. The van der Waals surface area contributed by atoms with Crippen LogP contribution in [0.1, 0.15) is 12.7 Å². The number of aromatic nitrogens is 3. The molecule has 0 radical (unpaired) electrons. The number of hydrogen-bond donors (Lipinski definition) is 0. The highest BCUT2D eigenvalue weighted by atomic mass is 19.4. The summed E-state index contributed by atoms with van der Waals surface area (Å²) in [6.45, 7) is 1.35. The predicted molar refractivity (Wildman–Crippen MR) is 54.5 cm³/mol. The van der Waals surface area contributed by atoms with Crippen LogP contribution in [-0.2, 0) is 12.7 Å². The third kappa shape index (κ3) is 1.88. The Hall–Kier alpha value is -1.92. The highest BCUT2D eigenvalue weighted by molar-refractivity contribution is 5.72. The zero-order chi connectivity index (χ0) is 12.6. The van der Waals surface area contributed by atoms with Crippen LogP contribution in [0.15, 0.2) is 23.1 Å². The Morgan fingerprint density at radius 3 is 2.71 bits per heavy atom. The maximum atomic E-state index is 12.7. The summed E-state index contributed by atoms with van der Waals surface area (Å²) in [6.07, 6.45) is -3.31. The third-order valence-corrected chi connectivity index (χ3v) is 2.29. The number of fused-ring (bicyclic) bond motifs is 1. The van der Waals surface area contributed by atoms with Crippen LogP contribution in [0.4, 0.5) is 13.2 Å². The van der Waals surface area contributed by atoms with Crippen molar-refractivity contribution in [2.75, 3.05) is 0 Å². The van der Waals surface area contributed by atoms with E-state index in [4.69, 9.17) is 0 Å². The smallest absolute Gasteiger partial charge is 0.287 e. The second kappa shape index (κ2) is 3.83. The molecule has 0 atom stereocenters. The maximum absolute atomic E-state index is 12.7. The van der Waals surface area contributed by atoms with Gasteiger partial charge in [0.05, 0.1) is 5.52 Å². The van der Waals surface area contributed by atoms with Crippen molar-refractivity contribution < 1.29 is 13.2 Å². The number of nitrogens with zero attached hydrogens (tertiary/aromatic N) is 3. The van der Waals surface area contributed by atoms with E-state index < -0.39 is 17.6 Å². The molecule has 0 unspecified atom stereocenters. The fourth-order valence-electron chi connectivity index (χ4n) is 1.56. The molecular formula is C10H8F3N3O. The number of rotatable bonds is 1. The van der Waals surface area contributed by atoms with E-state index in [1.807, 2.05) is 0 Å². The van der Waals surface area contributed by atoms with Crippen molar-refractivity contribution in [3.8, 4) is 0 Å². The van der Waals surface area contributed by atoms with Gasteiger partial charge in [-0.2, -0.15) is 13.2 Å². The van der Waals surface area contributed by atoms with Gasteiger partial charge in [-0.25, -0.2) is 9.97 Å². The molecule has 0 N–H and O–H groups in total. The molecule has 0 aliphatic rings. The first-order chi connectivity index (χ1) is 7.95. The van der Waals surface area contributed by atoms with Gasteiger partial charge >= 0.3 is 6.18 Å². The topological polar surface area (TPSA) is 47.8 Å². The van der Waals surface area contributed by atoms with Gasteiger partial charge in [-0.15, -0.1) is 0 Å². The van der Waals surface area contributed by atoms with E-state index in [1.165, 1.54) is 25.3 Å². The van der Waals surface area contributed by atoms with Gasteiger partial charge in [0.1, 0.15) is 0 Å². The number of pyridine rings is 1. The van der Waals surface area contributed by atoms with E-state index >= 15 is 0 Å². The Labute approximate surface area is 93.7 Å². The van der Waals surface area contributed by atoms with E-state index in [-0.39, 0.29) is 17.6 Å². The standard InChI is InChI=1S/C10H8F3N3O/c1-2-16-8(17)7-6(4-3-5-14-7)15-9(16)10(11,12)13/h3-5H,2H2,1H3. The minimum atomic E-state index is -4.65. The molecular weight excluding hydrogens is 235 g/mol. The van der Waals surface area contributed by atoms with Crippen LogP contribution in [0.3, 0.4) is 0 Å². The predicted octanol–water partition coefficient (Wildman–Crippen LogP) is 1.83. The van der Waals surface area contributed by atoms with Crippen molar-refractivity contribution in [1.82, 2.24) is 14.5 Å². The van der Waals surface area contributed by atoms with Gasteiger partial charge < -0.3 is 0 Å². The molecule has 0 spiro atoms. The fourth-order valence-corrected chi connectivity index (χ4v) is 1.56. The average Bonchev–Trinajstić information content (AvgIpc) is 2.28. The Bertz CT molecular complexity index is 618. The van der Waals surface area contributed by atoms with E-state index in [0.717, 1.165) is 0 Å². The molecule has 0 aliphatic heterocycles. The lowest BCUT2D eigenvalue weighted by atomic mass is 10.3. The Kier molecular flexibility index (Phi) is 2.60. The normalized spacial score (nSPS) is 12.0. The van der Waals surface area contributed by atoms with Gasteiger partial charge in [0.2, 0.25) is 5.82 Å². The molecule has 0 bridgehead atoms. The van der Waals surface area contributed by atoms with Crippen LogP contribution in [0.25, 0.3) is 11.0 Å². The monoisotopic (exact) mass is 243 g/mol. The molecule has 0 aromatic carbocycles. The SMILES string of the molecule is CCn1c(C(F)(F)F)nc2cccnc2c1=O. The molecule has 0 saturated heterocycles. The molecule has 2 aromatic rings. The van der Waals surface area contributed by atoms with Crippen molar-refractivity contribution in [2.45, 2.75) is 19.6 Å². The number of halogens is 3. The first-order valence-corrected chi connectivity index (χ1v) is 4.88. The highest BCUT2D eigenvalue weighted by Gasteiger charge is 2.37. The minimum absolute atomic E-state index is 0.0467. The van der Waals surface area contributed by atoms with Crippen molar-refractivity contribution in [3.63, 3.8) is 0 Å². The van der Waals surface area contributed by atoms with Gasteiger partial charge in [0, 0.05) is 12.7 Å². The van der Waals surface area contributed by atoms with Gasteiger partial charge in [-0.05, 0) is 19.1 Å². The summed E-state index contributed by atoms with van der Waals surface area (Å²) in [7, 11) is 0. The molecule has 0 amide bonds. The average molecular weight is 243 g/mol. The summed E-state index contributed by atoms with van der Waals surface area (Å²) in [6, 6.07) is 2.77. The largest absolute Gasteiger partial charge is 0.449 e. The zero-order valence-corrected chi connectivity index (χ0v) is 8.82. The van der Waals surface area contributed by atoms with Crippen LogP contribution in [0.5, 0.6) is 0 Å². The third-order valence-electron chi connectivity index (χ3n) is 2.29. The lowest BCUT2D eigenvalue weighted by Gasteiger charge is -2.13. The molecule has 2 aromatic heterocycles. The second-order valence-electron chi connectivity index (χ2n) is 3.35. The second-order valence-corrected chi connectivity index (χ2v) is 3.35. The van der Waals surface area contributed by atoms with Crippen molar-refractivity contribution in [1.29, 1.82) is 0 Å². The maximum Gasteiger partial charge on any atom is 0.449 e. The number of hydrogen-bond acceptors (Lipinski definition) is 3. The molecule has 2 heterocycles. The molecule has 0 aliphatic carbocycles. The van der Waals surface area contributed by atoms with Crippen molar-refractivity contribution in [3.05, 3.63) is 34.5 Å². The highest BCUT2D eigenvalue weighted by Crippen LogP contribution is 2.27. The van der Waals surface area contributed by atoms with Crippen LogP contribution >= 0.6 is 0 Å². The lowest BCUT2D eigenvalue weighted by molar-refractivity contribution is -0.147. The quantitative estimate of drug-likeness (QED) is 0.767. The summed E-state index contributed by atoms with van der Waals surface area (Å²) in [5.74, 6) is -1.19. The van der Waals surface area contributed by atoms with Gasteiger partial charge in [0.25, 0.3) is 5.56 Å². The van der Waals surface area contributed by atoms with Crippen LogP contribution in [-0.4, -0.2) is 14.5 Å². The molecule has 2 rings (SSSR count). The Morgan fingerprint density at radius 2 is 2.12 bits per heavy atom.